The summed E-state index contributed by atoms with van der Waals surface area (Å²) in [6.45, 7) is 2.23. The number of nitrogens with zero attached hydrogens (tertiary/aromatic N) is 1. The van der Waals surface area contributed by atoms with Gasteiger partial charge in [0.05, 0.1) is 10.6 Å². The molecular weight excluding hydrogens is 222 g/mol. The van der Waals surface area contributed by atoms with Gasteiger partial charge in [-0.25, -0.2) is 0 Å². The summed E-state index contributed by atoms with van der Waals surface area (Å²) in [6.07, 6.45) is 0. The average Bonchev–Trinajstić information content (AvgIpc) is 2.75. The van der Waals surface area contributed by atoms with E-state index in [1.807, 2.05) is 12.1 Å². The van der Waals surface area contributed by atoms with Crippen LogP contribution in [0.4, 0.5) is 5.69 Å². The van der Waals surface area contributed by atoms with E-state index in [9.17, 15) is 0 Å². The van der Waals surface area contributed by atoms with E-state index in [4.69, 9.17) is 16.9 Å². The first-order valence-corrected chi connectivity index (χ1v) is 5.84. The molecule has 3 rings (SSSR count). The van der Waals surface area contributed by atoms with E-state index >= 15 is 0 Å². The molecule has 2 fully saturated rings. The van der Waals surface area contributed by atoms with E-state index in [2.05, 4.69) is 16.7 Å². The maximum atomic E-state index is 8.77. The van der Waals surface area contributed by atoms with Crippen LogP contribution in [0.1, 0.15) is 5.56 Å². The molecule has 1 heterocycles. The van der Waals surface area contributed by atoms with E-state index in [0.29, 0.717) is 16.6 Å². The van der Waals surface area contributed by atoms with Crippen molar-refractivity contribution < 1.29 is 0 Å². The summed E-state index contributed by atoms with van der Waals surface area (Å²) in [5.41, 5.74) is 1.55. The Morgan fingerprint density at radius 1 is 1.38 bits per heavy atom. The first-order chi connectivity index (χ1) is 7.79. The summed E-state index contributed by atoms with van der Waals surface area (Å²) in [7, 11) is 0. The molecule has 0 radical (unpaired) electrons. The number of nitriles is 1. The Morgan fingerprint density at radius 2 is 2.12 bits per heavy atom. The third-order valence-electron chi connectivity index (χ3n) is 3.51. The maximum absolute atomic E-state index is 8.77. The molecule has 82 valence electrons. The lowest BCUT2D eigenvalue weighted by molar-refractivity contribution is 0.697. The molecule has 2 aliphatic rings. The van der Waals surface area contributed by atoms with Gasteiger partial charge in [0.1, 0.15) is 6.07 Å². The Kier molecular flexibility index (Phi) is 2.27. The Bertz CT molecular complexity index is 456. The van der Waals surface area contributed by atoms with Crippen LogP contribution in [-0.4, -0.2) is 19.1 Å². The molecule has 1 aromatic carbocycles. The fraction of sp³-hybridized carbons (Fsp3) is 0.417. The van der Waals surface area contributed by atoms with E-state index in [0.717, 1.165) is 30.6 Å². The SMILES string of the molecule is N#Cc1ccc(NC2C3CNCC32)cc1Cl. The van der Waals surface area contributed by atoms with E-state index < -0.39 is 0 Å². The number of hydrogen-bond donors (Lipinski definition) is 2. The number of piperidine rings is 1. The first-order valence-electron chi connectivity index (χ1n) is 5.46. The number of rotatable bonds is 2. The number of hydrogen-bond acceptors (Lipinski definition) is 3. The highest BCUT2D eigenvalue weighted by Gasteiger charge is 2.52. The molecule has 0 bridgehead atoms. The van der Waals surface area contributed by atoms with Gasteiger partial charge in [-0.05, 0) is 30.0 Å². The predicted octanol–water partition coefficient (Wildman–Crippen LogP) is 1.84. The lowest BCUT2D eigenvalue weighted by Gasteiger charge is -2.09. The smallest absolute Gasteiger partial charge is 0.101 e. The van der Waals surface area contributed by atoms with Crippen molar-refractivity contribution in [2.45, 2.75) is 6.04 Å². The van der Waals surface area contributed by atoms with Crippen molar-refractivity contribution in [3.8, 4) is 6.07 Å². The zero-order valence-corrected chi connectivity index (χ0v) is 9.46. The second-order valence-electron chi connectivity index (χ2n) is 4.46. The summed E-state index contributed by atoms with van der Waals surface area (Å²) in [4.78, 5) is 0. The van der Waals surface area contributed by atoms with E-state index in [1.165, 1.54) is 0 Å². The van der Waals surface area contributed by atoms with Crippen LogP contribution in [0, 0.1) is 23.2 Å². The lowest BCUT2D eigenvalue weighted by Crippen LogP contribution is -2.21. The van der Waals surface area contributed by atoms with Crippen molar-refractivity contribution in [3.05, 3.63) is 28.8 Å². The van der Waals surface area contributed by atoms with Crippen LogP contribution in [0.15, 0.2) is 18.2 Å². The lowest BCUT2D eigenvalue weighted by atomic mass is 10.2. The molecule has 4 heteroatoms. The summed E-state index contributed by atoms with van der Waals surface area (Å²) >= 11 is 5.98. The molecule has 0 amide bonds. The average molecular weight is 234 g/mol. The fourth-order valence-corrected chi connectivity index (χ4v) is 2.74. The standard InChI is InChI=1S/C12H12ClN3/c13-11-3-8(2-1-7(11)4-14)16-12-9-5-15-6-10(9)12/h1-3,9-10,12,15-16H,5-6H2. The summed E-state index contributed by atoms with van der Waals surface area (Å²) in [6, 6.07) is 8.17. The summed E-state index contributed by atoms with van der Waals surface area (Å²) in [5, 5.41) is 16.1. The van der Waals surface area contributed by atoms with Gasteiger partial charge >= 0.3 is 0 Å². The van der Waals surface area contributed by atoms with Gasteiger partial charge in [0, 0.05) is 24.8 Å². The first kappa shape index (κ1) is 9.95. The monoisotopic (exact) mass is 233 g/mol. The highest BCUT2D eigenvalue weighted by Crippen LogP contribution is 2.43. The molecule has 3 nitrogen and oxygen atoms in total. The molecule has 2 unspecified atom stereocenters. The van der Waals surface area contributed by atoms with Gasteiger partial charge in [-0.1, -0.05) is 11.6 Å². The second kappa shape index (κ2) is 3.65. The molecule has 0 aromatic heterocycles. The normalized spacial score (nSPS) is 30.6. The summed E-state index contributed by atoms with van der Waals surface area (Å²) in [5.74, 6) is 1.55. The Morgan fingerprint density at radius 3 is 2.75 bits per heavy atom. The highest BCUT2D eigenvalue weighted by molar-refractivity contribution is 6.32. The molecule has 1 aromatic rings. The van der Waals surface area contributed by atoms with Crippen molar-refractivity contribution in [2.24, 2.45) is 11.8 Å². The minimum Gasteiger partial charge on any atom is -0.382 e. The van der Waals surface area contributed by atoms with Gasteiger partial charge in [-0.15, -0.1) is 0 Å². The van der Waals surface area contributed by atoms with Crippen LogP contribution in [0.5, 0.6) is 0 Å². The van der Waals surface area contributed by atoms with Gasteiger partial charge in [0.2, 0.25) is 0 Å². The Balaban J connectivity index is 1.72. The Hall–Kier alpha value is -1.24. The summed E-state index contributed by atoms with van der Waals surface area (Å²) < 4.78 is 0. The number of benzene rings is 1. The molecule has 2 N–H and O–H groups in total. The van der Waals surface area contributed by atoms with Crippen LogP contribution in [0.25, 0.3) is 0 Å². The molecule has 1 aliphatic heterocycles. The van der Waals surface area contributed by atoms with Crippen LogP contribution >= 0.6 is 11.6 Å². The van der Waals surface area contributed by atoms with Gasteiger partial charge in [-0.3, -0.25) is 0 Å². The quantitative estimate of drug-likeness (QED) is 0.820. The second-order valence-corrected chi connectivity index (χ2v) is 4.87. The number of fused-ring (bicyclic) bond motifs is 1. The van der Waals surface area contributed by atoms with Gasteiger partial charge < -0.3 is 10.6 Å². The van der Waals surface area contributed by atoms with Crippen LogP contribution in [-0.2, 0) is 0 Å². The van der Waals surface area contributed by atoms with E-state index in [1.54, 1.807) is 6.07 Å². The largest absolute Gasteiger partial charge is 0.382 e. The zero-order chi connectivity index (χ0) is 11.1. The molecular formula is C12H12ClN3. The van der Waals surface area contributed by atoms with Gasteiger partial charge in [-0.2, -0.15) is 5.26 Å². The Labute approximate surface area is 99.4 Å². The van der Waals surface area contributed by atoms with Crippen molar-refractivity contribution in [3.63, 3.8) is 0 Å². The van der Waals surface area contributed by atoms with Gasteiger partial charge in [0.15, 0.2) is 0 Å². The maximum Gasteiger partial charge on any atom is 0.101 e. The minimum absolute atomic E-state index is 0.524. The molecule has 1 aliphatic carbocycles. The molecule has 1 saturated heterocycles. The number of anilines is 1. The molecule has 1 saturated carbocycles. The van der Waals surface area contributed by atoms with Crippen molar-refractivity contribution >= 4 is 17.3 Å². The molecule has 2 atom stereocenters. The van der Waals surface area contributed by atoms with Crippen molar-refractivity contribution in [1.29, 1.82) is 5.26 Å². The van der Waals surface area contributed by atoms with Crippen molar-refractivity contribution in [1.82, 2.24) is 5.32 Å². The fourth-order valence-electron chi connectivity index (χ4n) is 2.52. The topological polar surface area (TPSA) is 47.9 Å². The van der Waals surface area contributed by atoms with Crippen molar-refractivity contribution in [2.75, 3.05) is 18.4 Å². The predicted molar refractivity (Wildman–Crippen MR) is 63.4 cm³/mol. The third kappa shape index (κ3) is 1.55. The number of halogens is 1. The van der Waals surface area contributed by atoms with Crippen LogP contribution in [0.2, 0.25) is 5.02 Å². The van der Waals surface area contributed by atoms with Crippen LogP contribution < -0.4 is 10.6 Å². The van der Waals surface area contributed by atoms with Gasteiger partial charge in [0.25, 0.3) is 0 Å². The van der Waals surface area contributed by atoms with E-state index in [-0.39, 0.29) is 0 Å². The molecule has 16 heavy (non-hydrogen) atoms. The zero-order valence-electron chi connectivity index (χ0n) is 8.70. The highest BCUT2D eigenvalue weighted by atomic mass is 35.5. The number of nitrogens with one attached hydrogen (secondary N) is 2. The molecule has 0 spiro atoms. The van der Waals surface area contributed by atoms with Crippen LogP contribution in [0.3, 0.4) is 0 Å². The third-order valence-corrected chi connectivity index (χ3v) is 3.83. The minimum atomic E-state index is 0.524.